The summed E-state index contributed by atoms with van der Waals surface area (Å²) in [6, 6.07) is 9.92. The summed E-state index contributed by atoms with van der Waals surface area (Å²) in [7, 11) is 0. The smallest absolute Gasteiger partial charge is 0.237 e. The van der Waals surface area contributed by atoms with Crippen LogP contribution in [-0.4, -0.2) is 43.4 Å². The molecule has 0 saturated carbocycles. The third-order valence-electron chi connectivity index (χ3n) is 4.76. The lowest BCUT2D eigenvalue weighted by atomic mass is 10.2. The van der Waals surface area contributed by atoms with Gasteiger partial charge in [-0.1, -0.05) is 12.1 Å². The number of nitrogens with one attached hydrogen (secondary N) is 1. The van der Waals surface area contributed by atoms with Crippen LogP contribution in [0.5, 0.6) is 11.5 Å². The lowest BCUT2D eigenvalue weighted by Crippen LogP contribution is -2.39. The van der Waals surface area contributed by atoms with Gasteiger partial charge in [-0.25, -0.2) is 0 Å². The van der Waals surface area contributed by atoms with E-state index in [4.69, 9.17) is 14.2 Å². The van der Waals surface area contributed by atoms with Crippen LogP contribution in [0.2, 0.25) is 0 Å². The van der Waals surface area contributed by atoms with E-state index in [1.807, 2.05) is 34.5 Å². The second kappa shape index (κ2) is 8.73. The molecule has 1 fully saturated rings. The van der Waals surface area contributed by atoms with Gasteiger partial charge < -0.3 is 24.4 Å². The standard InChI is InChI=1S/C20H24N2O4S/c23-20(11-21-10-16-3-1-7-24-16)22(13-17-4-2-8-27-17)12-15-5-6-18-19(9-15)26-14-25-18/h2,4-6,8-9,16,21H,1,3,7,10-14H2. The van der Waals surface area contributed by atoms with E-state index in [2.05, 4.69) is 11.4 Å². The zero-order chi connectivity index (χ0) is 18.5. The van der Waals surface area contributed by atoms with E-state index >= 15 is 0 Å². The number of amides is 1. The highest BCUT2D eigenvalue weighted by Crippen LogP contribution is 2.33. The van der Waals surface area contributed by atoms with Crippen molar-refractivity contribution in [2.24, 2.45) is 0 Å². The summed E-state index contributed by atoms with van der Waals surface area (Å²) < 4.78 is 16.4. The van der Waals surface area contributed by atoms with E-state index in [-0.39, 0.29) is 18.8 Å². The van der Waals surface area contributed by atoms with Crippen molar-refractivity contribution in [3.8, 4) is 11.5 Å². The number of carbonyl (C=O) groups excluding carboxylic acids is 1. The molecule has 2 aliphatic rings. The summed E-state index contributed by atoms with van der Waals surface area (Å²) in [4.78, 5) is 15.9. The highest BCUT2D eigenvalue weighted by atomic mass is 32.1. The van der Waals surface area contributed by atoms with Crippen molar-refractivity contribution >= 4 is 17.2 Å². The van der Waals surface area contributed by atoms with Crippen molar-refractivity contribution in [2.75, 3.05) is 26.5 Å². The number of ether oxygens (including phenoxy) is 3. The Hall–Kier alpha value is -2.09. The van der Waals surface area contributed by atoms with Gasteiger partial charge in [-0.2, -0.15) is 0 Å². The Morgan fingerprint density at radius 3 is 2.96 bits per heavy atom. The zero-order valence-electron chi connectivity index (χ0n) is 15.2. The maximum Gasteiger partial charge on any atom is 0.237 e. The van der Waals surface area contributed by atoms with Crippen molar-refractivity contribution in [3.05, 3.63) is 46.2 Å². The summed E-state index contributed by atoms with van der Waals surface area (Å²) in [6.07, 6.45) is 2.41. The quantitative estimate of drug-likeness (QED) is 0.754. The Morgan fingerprint density at radius 2 is 2.15 bits per heavy atom. The van der Waals surface area contributed by atoms with Crippen molar-refractivity contribution < 1.29 is 19.0 Å². The monoisotopic (exact) mass is 388 g/mol. The van der Waals surface area contributed by atoms with Gasteiger partial charge in [0, 0.05) is 24.6 Å². The van der Waals surface area contributed by atoms with Gasteiger partial charge >= 0.3 is 0 Å². The number of carbonyl (C=O) groups is 1. The number of thiophene rings is 1. The number of nitrogens with zero attached hydrogens (tertiary/aromatic N) is 1. The largest absolute Gasteiger partial charge is 0.454 e. The Kier molecular flexibility index (Phi) is 5.91. The second-order valence-corrected chi connectivity index (χ2v) is 7.81. The van der Waals surface area contributed by atoms with Crippen LogP contribution >= 0.6 is 11.3 Å². The lowest BCUT2D eigenvalue weighted by molar-refractivity contribution is -0.131. The van der Waals surface area contributed by atoms with Crippen LogP contribution in [0.25, 0.3) is 0 Å². The molecule has 144 valence electrons. The van der Waals surface area contributed by atoms with Gasteiger partial charge in [0.25, 0.3) is 0 Å². The Bertz CT molecular complexity index is 759. The second-order valence-electron chi connectivity index (χ2n) is 6.78. The van der Waals surface area contributed by atoms with Gasteiger partial charge in [0.05, 0.1) is 19.2 Å². The minimum Gasteiger partial charge on any atom is -0.454 e. The predicted octanol–water partition coefficient (Wildman–Crippen LogP) is 2.77. The molecule has 0 radical (unpaired) electrons. The highest BCUT2D eigenvalue weighted by molar-refractivity contribution is 7.09. The molecule has 7 heteroatoms. The molecule has 27 heavy (non-hydrogen) atoms. The first kappa shape index (κ1) is 18.3. The molecule has 1 amide bonds. The molecule has 0 bridgehead atoms. The Labute approximate surface area is 163 Å². The fourth-order valence-corrected chi connectivity index (χ4v) is 4.06. The van der Waals surface area contributed by atoms with Crippen LogP contribution in [0.15, 0.2) is 35.7 Å². The maximum atomic E-state index is 12.9. The van der Waals surface area contributed by atoms with Crippen molar-refractivity contribution in [1.82, 2.24) is 10.2 Å². The molecule has 1 unspecified atom stereocenters. The normalized spacial score (nSPS) is 18.0. The average Bonchev–Trinajstić information content (AvgIpc) is 3.43. The number of hydrogen-bond acceptors (Lipinski definition) is 6. The van der Waals surface area contributed by atoms with Gasteiger partial charge in [-0.05, 0) is 42.0 Å². The number of fused-ring (bicyclic) bond motifs is 1. The molecule has 3 heterocycles. The van der Waals surface area contributed by atoms with Gasteiger partial charge in [-0.15, -0.1) is 11.3 Å². The maximum absolute atomic E-state index is 12.9. The van der Waals surface area contributed by atoms with Crippen molar-refractivity contribution in [3.63, 3.8) is 0 Å². The number of hydrogen-bond donors (Lipinski definition) is 1. The van der Waals surface area contributed by atoms with E-state index in [9.17, 15) is 4.79 Å². The van der Waals surface area contributed by atoms with Crippen molar-refractivity contribution in [1.29, 1.82) is 0 Å². The Morgan fingerprint density at radius 1 is 1.22 bits per heavy atom. The van der Waals surface area contributed by atoms with Crippen LogP contribution in [-0.2, 0) is 22.6 Å². The fourth-order valence-electron chi connectivity index (χ4n) is 3.34. The SMILES string of the molecule is O=C(CNCC1CCCO1)N(Cc1ccc2c(c1)OCO2)Cc1cccs1. The van der Waals surface area contributed by atoms with Crippen LogP contribution < -0.4 is 14.8 Å². The van der Waals surface area contributed by atoms with E-state index in [1.165, 1.54) is 4.88 Å². The first-order valence-corrected chi connectivity index (χ1v) is 10.2. The third-order valence-corrected chi connectivity index (χ3v) is 5.62. The highest BCUT2D eigenvalue weighted by Gasteiger charge is 2.20. The molecule has 1 N–H and O–H groups in total. The summed E-state index contributed by atoms with van der Waals surface area (Å²) in [6.45, 7) is 3.26. The minimum atomic E-state index is 0.0825. The van der Waals surface area contributed by atoms with Gasteiger partial charge in [0.1, 0.15) is 0 Å². The number of benzene rings is 1. The topological polar surface area (TPSA) is 60.0 Å². The zero-order valence-corrected chi connectivity index (χ0v) is 16.0. The summed E-state index contributed by atoms with van der Waals surface area (Å²) in [5.74, 6) is 1.58. The van der Waals surface area contributed by atoms with E-state index in [0.717, 1.165) is 43.1 Å². The molecule has 1 aromatic heterocycles. The van der Waals surface area contributed by atoms with E-state index < -0.39 is 0 Å². The van der Waals surface area contributed by atoms with Gasteiger partial charge in [0.2, 0.25) is 12.7 Å². The molecule has 2 aliphatic heterocycles. The molecular formula is C20H24N2O4S. The molecular weight excluding hydrogens is 364 g/mol. The van der Waals surface area contributed by atoms with Gasteiger partial charge in [-0.3, -0.25) is 4.79 Å². The van der Waals surface area contributed by atoms with Crippen LogP contribution in [0, 0.1) is 0 Å². The van der Waals surface area contributed by atoms with Gasteiger partial charge in [0.15, 0.2) is 11.5 Å². The molecule has 2 aromatic rings. The fraction of sp³-hybridized carbons (Fsp3) is 0.450. The van der Waals surface area contributed by atoms with Crippen LogP contribution in [0.4, 0.5) is 0 Å². The van der Waals surface area contributed by atoms with Crippen molar-refractivity contribution in [2.45, 2.75) is 32.0 Å². The first-order valence-electron chi connectivity index (χ1n) is 9.29. The minimum absolute atomic E-state index is 0.0825. The number of rotatable bonds is 8. The Balaban J connectivity index is 1.39. The molecule has 1 saturated heterocycles. The van der Waals surface area contributed by atoms with Crippen LogP contribution in [0.1, 0.15) is 23.3 Å². The third kappa shape index (κ3) is 4.80. The molecule has 4 rings (SSSR count). The molecule has 1 aromatic carbocycles. The molecule has 0 spiro atoms. The van der Waals surface area contributed by atoms with Crippen LogP contribution in [0.3, 0.4) is 0 Å². The molecule has 0 aliphatic carbocycles. The predicted molar refractivity (Wildman–Crippen MR) is 103 cm³/mol. The first-order chi connectivity index (χ1) is 13.3. The van der Waals surface area contributed by atoms with E-state index in [1.54, 1.807) is 11.3 Å². The summed E-state index contributed by atoms with van der Waals surface area (Å²) in [5.41, 5.74) is 1.03. The molecule has 6 nitrogen and oxygen atoms in total. The summed E-state index contributed by atoms with van der Waals surface area (Å²) in [5, 5.41) is 5.29. The van der Waals surface area contributed by atoms with E-state index in [0.29, 0.717) is 19.6 Å². The summed E-state index contributed by atoms with van der Waals surface area (Å²) >= 11 is 1.66. The molecule has 1 atom stereocenters. The lowest BCUT2D eigenvalue weighted by Gasteiger charge is -2.23. The average molecular weight is 388 g/mol.